The topological polar surface area (TPSA) is 34.1 Å². The lowest BCUT2D eigenvalue weighted by Crippen LogP contribution is -1.82. The average Bonchev–Trinajstić information content (AvgIpc) is 1.65. The van der Waals surface area contributed by atoms with Gasteiger partial charge in [0.05, 0.1) is 0 Å². The Kier molecular flexibility index (Phi) is 2.68. The van der Waals surface area contributed by atoms with Gasteiger partial charge in [-0.15, -0.1) is 0 Å². The van der Waals surface area contributed by atoms with Gasteiger partial charge in [-0.05, 0) is 11.6 Å². The molecule has 0 aliphatic rings. The lowest BCUT2D eigenvalue weighted by Gasteiger charge is -1.71. The Morgan fingerprint density at radius 2 is 1.86 bits per heavy atom. The van der Waals surface area contributed by atoms with Crippen LogP contribution in [0.2, 0.25) is 0 Å². The molecule has 38 valence electrons. The van der Waals surface area contributed by atoms with Gasteiger partial charge in [0, 0.05) is 0 Å². The molecule has 4 heteroatoms. The molecule has 0 fully saturated rings. The zero-order valence-corrected chi connectivity index (χ0v) is 4.58. The Morgan fingerprint density at radius 1 is 1.43 bits per heavy atom. The molecule has 0 amide bonds. The van der Waals surface area contributed by atoms with Crippen molar-refractivity contribution in [2.45, 2.75) is 0 Å². The minimum absolute atomic E-state index is 0.610. The number of carbonyl (C=O) groups is 1. The second kappa shape index (κ2) is 2.80. The SMILES string of the molecule is O=C=C(Cl)C(=O)Cl. The van der Waals surface area contributed by atoms with Crippen LogP contribution in [-0.4, -0.2) is 11.2 Å². The van der Waals surface area contributed by atoms with Crippen molar-refractivity contribution in [3.63, 3.8) is 0 Å². The van der Waals surface area contributed by atoms with Gasteiger partial charge in [-0.2, -0.15) is 0 Å². The standard InChI is InChI=1S/C3Cl2O2/c4-2(1-6)3(5)7. The second-order valence-electron chi connectivity index (χ2n) is 0.690. The highest BCUT2D eigenvalue weighted by molar-refractivity contribution is 6.75. The number of allylic oxidation sites excluding steroid dienone is 1. The van der Waals surface area contributed by atoms with E-state index >= 15 is 0 Å². The summed E-state index contributed by atoms with van der Waals surface area (Å²) >= 11 is 9.47. The first-order valence-electron chi connectivity index (χ1n) is 1.29. The van der Waals surface area contributed by atoms with E-state index in [2.05, 4.69) is 11.6 Å². The van der Waals surface area contributed by atoms with Crippen molar-refractivity contribution < 1.29 is 9.59 Å². The molecule has 0 aliphatic carbocycles. The Balaban J connectivity index is 4.10. The van der Waals surface area contributed by atoms with E-state index < -0.39 is 10.3 Å². The van der Waals surface area contributed by atoms with Crippen LogP contribution in [0.3, 0.4) is 0 Å². The summed E-state index contributed by atoms with van der Waals surface area (Å²) in [5.41, 5.74) is 0. The van der Waals surface area contributed by atoms with Crippen molar-refractivity contribution in [1.82, 2.24) is 0 Å². The van der Waals surface area contributed by atoms with Gasteiger partial charge in [0.2, 0.25) is 0 Å². The predicted molar refractivity (Wildman–Crippen MR) is 25.9 cm³/mol. The maximum Gasteiger partial charge on any atom is 0.275 e. The first kappa shape index (κ1) is 6.70. The number of hydrogen-bond acceptors (Lipinski definition) is 2. The summed E-state index contributed by atoms with van der Waals surface area (Å²) in [7, 11) is 0. The molecule has 7 heavy (non-hydrogen) atoms. The van der Waals surface area contributed by atoms with Crippen molar-refractivity contribution in [3.05, 3.63) is 5.03 Å². The summed E-state index contributed by atoms with van der Waals surface area (Å²) in [6.07, 6.45) is 0. The van der Waals surface area contributed by atoms with Gasteiger partial charge >= 0.3 is 0 Å². The molecular weight excluding hydrogens is 139 g/mol. The molecular formula is C3Cl2O2. The van der Waals surface area contributed by atoms with Crippen LogP contribution in [0.15, 0.2) is 5.03 Å². The third-order valence-corrected chi connectivity index (χ3v) is 0.797. The van der Waals surface area contributed by atoms with Crippen LogP contribution >= 0.6 is 23.2 Å². The van der Waals surface area contributed by atoms with Crippen LogP contribution < -0.4 is 0 Å². The van der Waals surface area contributed by atoms with E-state index in [1.165, 1.54) is 0 Å². The van der Waals surface area contributed by atoms with Crippen molar-refractivity contribution in [3.8, 4) is 0 Å². The van der Waals surface area contributed by atoms with Crippen LogP contribution in [0.1, 0.15) is 0 Å². The minimum Gasteiger partial charge on any atom is -0.274 e. The van der Waals surface area contributed by atoms with Crippen LogP contribution in [0, 0.1) is 0 Å². The van der Waals surface area contributed by atoms with Gasteiger partial charge in [0.25, 0.3) is 5.24 Å². The third kappa shape index (κ3) is 2.40. The molecule has 0 spiro atoms. The van der Waals surface area contributed by atoms with Crippen molar-refractivity contribution in [1.29, 1.82) is 0 Å². The average molecular weight is 139 g/mol. The fourth-order valence-corrected chi connectivity index (χ4v) is 0.0787. The summed E-state index contributed by atoms with van der Waals surface area (Å²) < 4.78 is 0. The fourth-order valence-electron chi connectivity index (χ4n) is 0.0401. The number of halogens is 2. The van der Waals surface area contributed by atoms with Crippen molar-refractivity contribution in [2.75, 3.05) is 0 Å². The Bertz CT molecular complexity index is 134. The van der Waals surface area contributed by atoms with E-state index in [1.807, 2.05) is 0 Å². The molecule has 0 aromatic carbocycles. The Labute approximate surface area is 49.7 Å². The third-order valence-electron chi connectivity index (χ3n) is 0.262. The Hall–Kier alpha value is -0.300. The molecule has 0 saturated carbocycles. The maximum atomic E-state index is 9.71. The molecule has 0 radical (unpaired) electrons. The molecule has 0 N–H and O–H groups in total. The normalized spacial score (nSPS) is 7.14. The van der Waals surface area contributed by atoms with Gasteiger partial charge in [-0.25, -0.2) is 4.79 Å². The zero-order valence-electron chi connectivity index (χ0n) is 3.07. The predicted octanol–water partition coefficient (Wildman–Crippen LogP) is 0.706. The van der Waals surface area contributed by atoms with E-state index in [9.17, 15) is 9.59 Å². The minimum atomic E-state index is -0.975. The van der Waals surface area contributed by atoms with E-state index in [4.69, 9.17) is 11.6 Å². The smallest absolute Gasteiger partial charge is 0.274 e. The highest BCUT2D eigenvalue weighted by atomic mass is 35.5. The lowest BCUT2D eigenvalue weighted by atomic mass is 10.7. The van der Waals surface area contributed by atoms with Gasteiger partial charge in [-0.1, -0.05) is 11.6 Å². The molecule has 0 bridgehead atoms. The van der Waals surface area contributed by atoms with Crippen molar-refractivity contribution >= 4 is 34.4 Å². The maximum absolute atomic E-state index is 9.71. The molecule has 0 heterocycles. The van der Waals surface area contributed by atoms with E-state index in [0.29, 0.717) is 0 Å². The molecule has 0 aliphatic heterocycles. The number of hydrogen-bond donors (Lipinski definition) is 0. The lowest BCUT2D eigenvalue weighted by molar-refractivity contribution is -0.107. The zero-order chi connectivity index (χ0) is 5.86. The summed E-state index contributed by atoms with van der Waals surface area (Å²) in [5, 5.41) is -1.58. The van der Waals surface area contributed by atoms with Gasteiger partial charge in [-0.3, -0.25) is 4.79 Å². The van der Waals surface area contributed by atoms with Crippen LogP contribution in [0.5, 0.6) is 0 Å². The monoisotopic (exact) mass is 138 g/mol. The largest absolute Gasteiger partial charge is 0.275 e. The molecule has 0 saturated heterocycles. The van der Waals surface area contributed by atoms with Crippen LogP contribution in [0.25, 0.3) is 0 Å². The van der Waals surface area contributed by atoms with Crippen LogP contribution in [-0.2, 0) is 9.59 Å². The molecule has 0 aromatic heterocycles. The molecule has 0 unspecified atom stereocenters. The van der Waals surface area contributed by atoms with E-state index in [-0.39, 0.29) is 0 Å². The molecule has 0 aromatic rings. The Morgan fingerprint density at radius 3 is 1.86 bits per heavy atom. The van der Waals surface area contributed by atoms with Gasteiger partial charge in [0.1, 0.15) is 5.94 Å². The quantitative estimate of drug-likeness (QED) is 0.304. The summed E-state index contributed by atoms with van der Waals surface area (Å²) in [6.45, 7) is 0. The summed E-state index contributed by atoms with van der Waals surface area (Å²) in [4.78, 5) is 19.1. The summed E-state index contributed by atoms with van der Waals surface area (Å²) in [6, 6.07) is 0. The second-order valence-corrected chi connectivity index (χ2v) is 1.41. The van der Waals surface area contributed by atoms with Crippen molar-refractivity contribution in [2.24, 2.45) is 0 Å². The summed E-state index contributed by atoms with van der Waals surface area (Å²) in [5.74, 6) is 1.11. The van der Waals surface area contributed by atoms with Gasteiger partial charge in [0.15, 0.2) is 5.03 Å². The van der Waals surface area contributed by atoms with Crippen LogP contribution in [0.4, 0.5) is 0 Å². The number of rotatable bonds is 1. The first-order valence-corrected chi connectivity index (χ1v) is 2.04. The fraction of sp³-hybridized carbons (Fsp3) is 0. The van der Waals surface area contributed by atoms with E-state index in [1.54, 1.807) is 0 Å². The molecule has 0 rings (SSSR count). The van der Waals surface area contributed by atoms with Gasteiger partial charge < -0.3 is 0 Å². The first-order chi connectivity index (χ1) is 3.18. The highest BCUT2D eigenvalue weighted by Gasteiger charge is 1.99. The number of carbonyl (C=O) groups excluding carboxylic acids is 2. The highest BCUT2D eigenvalue weighted by Crippen LogP contribution is 1.98. The molecule has 2 nitrogen and oxygen atoms in total. The van der Waals surface area contributed by atoms with E-state index in [0.717, 1.165) is 5.94 Å². The molecule has 0 atom stereocenters.